The fourth-order valence-corrected chi connectivity index (χ4v) is 3.36. The Morgan fingerprint density at radius 2 is 1.89 bits per heavy atom. The monoisotopic (exact) mass is 269 g/mol. The number of aliphatic hydroxyl groups is 2. The molecule has 5 nitrogen and oxygen atoms in total. The van der Waals surface area contributed by atoms with Gasteiger partial charge >= 0.3 is 0 Å². The first-order valence-electron chi connectivity index (χ1n) is 7.14. The molecule has 0 radical (unpaired) electrons. The largest absolute Gasteiger partial charge is 0.393 e. The number of aliphatic hydroxyl groups excluding tert-OH is 2. The van der Waals surface area contributed by atoms with E-state index in [2.05, 4.69) is 12.2 Å². The zero-order chi connectivity index (χ0) is 14.0. The van der Waals surface area contributed by atoms with Crippen LogP contribution in [0.4, 0.5) is 0 Å². The summed E-state index contributed by atoms with van der Waals surface area (Å²) < 4.78 is 0. The number of carbonyl (C=O) groups is 2. The molecule has 0 aromatic carbocycles. The van der Waals surface area contributed by atoms with Gasteiger partial charge in [0.05, 0.1) is 12.2 Å². The number of nitrogens with one attached hydrogen (secondary N) is 1. The third-order valence-electron chi connectivity index (χ3n) is 4.42. The lowest BCUT2D eigenvalue weighted by Crippen LogP contribution is -2.42. The van der Waals surface area contributed by atoms with Gasteiger partial charge in [-0.25, -0.2) is 0 Å². The van der Waals surface area contributed by atoms with Gasteiger partial charge in [0, 0.05) is 18.8 Å². The Kier molecular flexibility index (Phi) is 4.58. The summed E-state index contributed by atoms with van der Waals surface area (Å²) in [5.74, 6) is -0.221. The first kappa shape index (κ1) is 14.5. The summed E-state index contributed by atoms with van der Waals surface area (Å²) in [5.41, 5.74) is 0. The van der Waals surface area contributed by atoms with Gasteiger partial charge < -0.3 is 10.2 Å². The normalized spacial score (nSPS) is 35.0. The van der Waals surface area contributed by atoms with Crippen molar-refractivity contribution in [2.45, 2.75) is 57.7 Å². The summed E-state index contributed by atoms with van der Waals surface area (Å²) in [6.07, 6.45) is 2.47. The van der Waals surface area contributed by atoms with Gasteiger partial charge in [-0.1, -0.05) is 6.92 Å². The van der Waals surface area contributed by atoms with E-state index in [9.17, 15) is 19.8 Å². The van der Waals surface area contributed by atoms with Crippen molar-refractivity contribution in [3.05, 3.63) is 0 Å². The molecule has 2 fully saturated rings. The minimum absolute atomic E-state index is 0.0966. The van der Waals surface area contributed by atoms with Crippen molar-refractivity contribution in [2.24, 2.45) is 17.8 Å². The molecule has 0 aromatic rings. The molecule has 19 heavy (non-hydrogen) atoms. The quantitative estimate of drug-likeness (QED) is 0.654. The highest BCUT2D eigenvalue weighted by Crippen LogP contribution is 2.34. The first-order valence-corrected chi connectivity index (χ1v) is 7.14. The highest BCUT2D eigenvalue weighted by atomic mass is 16.3. The fourth-order valence-electron chi connectivity index (χ4n) is 3.36. The lowest BCUT2D eigenvalue weighted by atomic mass is 9.75. The van der Waals surface area contributed by atoms with E-state index in [1.54, 1.807) is 0 Å². The molecule has 1 aliphatic carbocycles. The predicted octanol–water partition coefficient (Wildman–Crippen LogP) is 0.587. The zero-order valence-corrected chi connectivity index (χ0v) is 11.3. The minimum atomic E-state index is -0.624. The van der Waals surface area contributed by atoms with E-state index in [1.165, 1.54) is 0 Å². The molecule has 4 atom stereocenters. The molecule has 4 unspecified atom stereocenters. The van der Waals surface area contributed by atoms with Gasteiger partial charge in [-0.05, 0) is 37.5 Å². The Hall–Kier alpha value is -0.940. The van der Waals surface area contributed by atoms with E-state index < -0.39 is 12.2 Å². The molecule has 0 spiro atoms. The van der Waals surface area contributed by atoms with E-state index >= 15 is 0 Å². The molecular weight excluding hydrogens is 246 g/mol. The number of amides is 2. The van der Waals surface area contributed by atoms with Gasteiger partial charge in [0.25, 0.3) is 0 Å². The zero-order valence-electron chi connectivity index (χ0n) is 11.3. The summed E-state index contributed by atoms with van der Waals surface area (Å²) in [6.45, 7) is 2.13. The standard InChI is InChI=1S/C14H23NO4/c1-8-2-3-11(16)10(4-8)12(17)5-9-6-13(18)15-14(19)7-9/h8-12,16-17H,2-7H2,1H3,(H,15,18,19). The number of piperidine rings is 1. The van der Waals surface area contributed by atoms with Crippen LogP contribution in [0.3, 0.4) is 0 Å². The Bertz CT molecular complexity index is 341. The average molecular weight is 269 g/mol. The molecule has 5 heteroatoms. The average Bonchev–Trinajstić information content (AvgIpc) is 2.30. The van der Waals surface area contributed by atoms with Crippen molar-refractivity contribution in [1.82, 2.24) is 5.32 Å². The lowest BCUT2D eigenvalue weighted by Gasteiger charge is -2.36. The van der Waals surface area contributed by atoms with Gasteiger partial charge in [-0.3, -0.25) is 14.9 Å². The maximum absolute atomic E-state index is 11.3. The minimum Gasteiger partial charge on any atom is -0.393 e. The maximum Gasteiger partial charge on any atom is 0.226 e. The lowest BCUT2D eigenvalue weighted by molar-refractivity contribution is -0.135. The van der Waals surface area contributed by atoms with Gasteiger partial charge in [-0.2, -0.15) is 0 Å². The summed E-state index contributed by atoms with van der Waals surface area (Å²) in [6, 6.07) is 0. The number of carbonyl (C=O) groups excluding carboxylic acids is 2. The van der Waals surface area contributed by atoms with Crippen LogP contribution in [0.2, 0.25) is 0 Å². The molecule has 1 heterocycles. The van der Waals surface area contributed by atoms with Gasteiger partial charge in [0.1, 0.15) is 0 Å². The first-order chi connectivity index (χ1) is 8.95. The topological polar surface area (TPSA) is 86.6 Å². The highest BCUT2D eigenvalue weighted by molar-refractivity contribution is 5.97. The second-order valence-corrected chi connectivity index (χ2v) is 6.20. The Morgan fingerprint density at radius 1 is 1.26 bits per heavy atom. The smallest absolute Gasteiger partial charge is 0.226 e. The molecule has 2 amide bonds. The van der Waals surface area contributed by atoms with E-state index in [-0.39, 0.29) is 23.7 Å². The third kappa shape index (κ3) is 3.76. The number of imide groups is 1. The van der Waals surface area contributed by atoms with Crippen LogP contribution in [0, 0.1) is 17.8 Å². The molecule has 108 valence electrons. The van der Waals surface area contributed by atoms with Crippen LogP contribution < -0.4 is 5.32 Å². The molecular formula is C14H23NO4. The Balaban J connectivity index is 1.90. The van der Waals surface area contributed by atoms with Crippen LogP contribution in [-0.4, -0.2) is 34.2 Å². The van der Waals surface area contributed by atoms with E-state index in [0.29, 0.717) is 25.2 Å². The summed E-state index contributed by atoms with van der Waals surface area (Å²) >= 11 is 0. The second kappa shape index (κ2) is 6.01. The molecule has 2 aliphatic rings. The van der Waals surface area contributed by atoms with E-state index in [1.807, 2.05) is 0 Å². The maximum atomic E-state index is 11.3. The summed E-state index contributed by atoms with van der Waals surface area (Å²) in [7, 11) is 0. The molecule has 0 aromatic heterocycles. The van der Waals surface area contributed by atoms with E-state index in [0.717, 1.165) is 19.3 Å². The van der Waals surface area contributed by atoms with Gasteiger partial charge in [0.2, 0.25) is 11.8 Å². The van der Waals surface area contributed by atoms with Crippen molar-refractivity contribution in [2.75, 3.05) is 0 Å². The number of rotatable bonds is 3. The van der Waals surface area contributed by atoms with Crippen LogP contribution in [0.5, 0.6) is 0 Å². The van der Waals surface area contributed by atoms with Crippen LogP contribution in [-0.2, 0) is 9.59 Å². The van der Waals surface area contributed by atoms with Crippen LogP contribution >= 0.6 is 0 Å². The van der Waals surface area contributed by atoms with Crippen molar-refractivity contribution < 1.29 is 19.8 Å². The Labute approximate surface area is 113 Å². The number of hydrogen-bond acceptors (Lipinski definition) is 4. The molecule has 3 N–H and O–H groups in total. The van der Waals surface area contributed by atoms with Crippen molar-refractivity contribution in [3.63, 3.8) is 0 Å². The van der Waals surface area contributed by atoms with Crippen LogP contribution in [0.25, 0.3) is 0 Å². The molecule has 0 bridgehead atoms. The van der Waals surface area contributed by atoms with Gasteiger partial charge in [0.15, 0.2) is 0 Å². The van der Waals surface area contributed by atoms with Crippen molar-refractivity contribution in [3.8, 4) is 0 Å². The molecule has 1 saturated carbocycles. The molecule has 2 rings (SSSR count). The van der Waals surface area contributed by atoms with Gasteiger partial charge in [-0.15, -0.1) is 0 Å². The van der Waals surface area contributed by atoms with Crippen molar-refractivity contribution >= 4 is 11.8 Å². The summed E-state index contributed by atoms with van der Waals surface area (Å²) in [5, 5.41) is 22.5. The third-order valence-corrected chi connectivity index (χ3v) is 4.42. The molecule has 1 aliphatic heterocycles. The van der Waals surface area contributed by atoms with Crippen LogP contribution in [0.15, 0.2) is 0 Å². The van der Waals surface area contributed by atoms with Crippen molar-refractivity contribution in [1.29, 1.82) is 0 Å². The molecule has 1 saturated heterocycles. The van der Waals surface area contributed by atoms with Crippen LogP contribution in [0.1, 0.15) is 45.4 Å². The fraction of sp³-hybridized carbons (Fsp3) is 0.857. The Morgan fingerprint density at radius 3 is 2.53 bits per heavy atom. The van der Waals surface area contributed by atoms with E-state index in [4.69, 9.17) is 0 Å². The number of hydrogen-bond donors (Lipinski definition) is 3. The predicted molar refractivity (Wildman–Crippen MR) is 69.0 cm³/mol. The SMILES string of the molecule is CC1CCC(O)C(C(O)CC2CC(=O)NC(=O)C2)C1. The summed E-state index contributed by atoms with van der Waals surface area (Å²) in [4.78, 5) is 22.6. The second-order valence-electron chi connectivity index (χ2n) is 6.20. The highest BCUT2D eigenvalue weighted by Gasteiger charge is 2.35.